The molecule has 0 bridgehead atoms. The van der Waals surface area contributed by atoms with Crippen molar-refractivity contribution in [3.05, 3.63) is 34.7 Å². The number of furan rings is 1. The van der Waals surface area contributed by atoms with Crippen LogP contribution in [0.5, 0.6) is 11.5 Å². The molecule has 0 aliphatic rings. The molecule has 0 unspecified atom stereocenters. The molecule has 98 valence electrons. The lowest BCUT2D eigenvalue weighted by atomic mass is 10.1. The second-order valence-electron chi connectivity index (χ2n) is 4.25. The Balaban J connectivity index is 2.61. The third-order valence-corrected chi connectivity index (χ3v) is 3.29. The number of fused-ring (bicyclic) bond motifs is 2. The number of pyridine rings is 1. The van der Waals surface area contributed by atoms with Crippen molar-refractivity contribution in [1.29, 1.82) is 0 Å². The van der Waals surface area contributed by atoms with Gasteiger partial charge in [0.1, 0.15) is 11.5 Å². The lowest BCUT2D eigenvalue weighted by Crippen LogP contribution is -2.09. The highest BCUT2D eigenvalue weighted by Crippen LogP contribution is 2.30. The minimum Gasteiger partial charge on any atom is -0.497 e. The van der Waals surface area contributed by atoms with E-state index < -0.39 is 0 Å². The number of hydrogen-bond donors (Lipinski definition) is 0. The summed E-state index contributed by atoms with van der Waals surface area (Å²) in [5.41, 5.74) is 1.15. The fourth-order valence-corrected chi connectivity index (χ4v) is 2.33. The highest BCUT2D eigenvalue weighted by atomic mass is 16.5. The van der Waals surface area contributed by atoms with Gasteiger partial charge >= 0.3 is 0 Å². The maximum Gasteiger partial charge on any atom is 0.210 e. The van der Waals surface area contributed by atoms with Gasteiger partial charge in [0, 0.05) is 19.2 Å². The molecule has 3 aromatic rings. The third-order valence-electron chi connectivity index (χ3n) is 3.29. The van der Waals surface area contributed by atoms with E-state index in [1.807, 2.05) is 11.6 Å². The predicted octanol–water partition coefficient (Wildman–Crippen LogP) is 2.30. The number of ether oxygens (including phenoxy) is 2. The Morgan fingerprint density at radius 1 is 1.21 bits per heavy atom. The SMILES string of the molecule is COc1cc(OC)c2c(=O)c3ccoc3n(C)c2c1. The van der Waals surface area contributed by atoms with Crippen molar-refractivity contribution in [2.24, 2.45) is 7.05 Å². The van der Waals surface area contributed by atoms with Crippen molar-refractivity contribution in [2.75, 3.05) is 14.2 Å². The Hall–Kier alpha value is -2.43. The summed E-state index contributed by atoms with van der Waals surface area (Å²) in [5.74, 6) is 1.13. The van der Waals surface area contributed by atoms with Gasteiger partial charge in [-0.15, -0.1) is 0 Å². The highest BCUT2D eigenvalue weighted by Gasteiger charge is 2.16. The van der Waals surface area contributed by atoms with Gasteiger partial charge in [0.25, 0.3) is 0 Å². The Morgan fingerprint density at radius 2 is 2.00 bits per heavy atom. The number of aryl methyl sites for hydroxylation is 1. The van der Waals surface area contributed by atoms with E-state index in [0.29, 0.717) is 33.5 Å². The van der Waals surface area contributed by atoms with Crippen LogP contribution >= 0.6 is 0 Å². The lowest BCUT2D eigenvalue weighted by molar-refractivity contribution is 0.397. The first-order chi connectivity index (χ1) is 9.17. The molecule has 5 heteroatoms. The summed E-state index contributed by atoms with van der Waals surface area (Å²) in [5, 5.41) is 1.07. The normalized spacial score (nSPS) is 11.1. The monoisotopic (exact) mass is 259 g/mol. The van der Waals surface area contributed by atoms with Crippen LogP contribution in [0.25, 0.3) is 22.0 Å². The molecule has 2 aromatic heterocycles. The van der Waals surface area contributed by atoms with Crippen molar-refractivity contribution < 1.29 is 13.9 Å². The molecule has 0 radical (unpaired) electrons. The fourth-order valence-electron chi connectivity index (χ4n) is 2.33. The number of benzene rings is 1. The zero-order valence-electron chi connectivity index (χ0n) is 10.9. The van der Waals surface area contributed by atoms with Gasteiger partial charge in [-0.1, -0.05) is 0 Å². The van der Waals surface area contributed by atoms with Crippen molar-refractivity contribution in [3.63, 3.8) is 0 Å². The van der Waals surface area contributed by atoms with Gasteiger partial charge in [-0.05, 0) is 6.07 Å². The summed E-state index contributed by atoms with van der Waals surface area (Å²) in [7, 11) is 4.95. The highest BCUT2D eigenvalue weighted by molar-refractivity contribution is 5.95. The molecule has 19 heavy (non-hydrogen) atoms. The van der Waals surface area contributed by atoms with Crippen LogP contribution in [-0.4, -0.2) is 18.8 Å². The average molecular weight is 259 g/mol. The van der Waals surface area contributed by atoms with E-state index in [0.717, 1.165) is 0 Å². The first kappa shape index (κ1) is 11.6. The smallest absolute Gasteiger partial charge is 0.210 e. The van der Waals surface area contributed by atoms with Crippen molar-refractivity contribution in [1.82, 2.24) is 4.57 Å². The summed E-state index contributed by atoms with van der Waals surface area (Å²) >= 11 is 0. The third kappa shape index (κ3) is 1.51. The first-order valence-corrected chi connectivity index (χ1v) is 5.79. The summed E-state index contributed by atoms with van der Waals surface area (Å²) in [6, 6.07) is 5.16. The molecular weight excluding hydrogens is 246 g/mol. The molecule has 0 saturated carbocycles. The molecule has 0 saturated heterocycles. The van der Waals surface area contributed by atoms with Crippen LogP contribution in [0.4, 0.5) is 0 Å². The van der Waals surface area contributed by atoms with Crippen LogP contribution in [0.15, 0.2) is 33.7 Å². The molecule has 2 heterocycles. The number of aromatic nitrogens is 1. The maximum atomic E-state index is 12.5. The Labute approximate surface area is 109 Å². The molecule has 0 amide bonds. The van der Waals surface area contributed by atoms with Gasteiger partial charge in [0.15, 0.2) is 0 Å². The van der Waals surface area contributed by atoms with E-state index in [2.05, 4.69) is 0 Å². The van der Waals surface area contributed by atoms with E-state index in [1.165, 1.54) is 13.4 Å². The minimum atomic E-state index is -0.101. The standard InChI is InChI=1S/C14H13NO4/c1-15-10-6-8(17-2)7-11(18-3)12(10)13(16)9-4-5-19-14(9)15/h4-7H,1-3H3. The van der Waals surface area contributed by atoms with Crippen LogP contribution in [0.1, 0.15) is 0 Å². The van der Waals surface area contributed by atoms with Crippen LogP contribution in [-0.2, 0) is 7.05 Å². The second-order valence-corrected chi connectivity index (χ2v) is 4.25. The maximum absolute atomic E-state index is 12.5. The molecule has 0 aliphatic heterocycles. The van der Waals surface area contributed by atoms with E-state index >= 15 is 0 Å². The largest absolute Gasteiger partial charge is 0.497 e. The van der Waals surface area contributed by atoms with Crippen LogP contribution < -0.4 is 14.9 Å². The average Bonchev–Trinajstić information content (AvgIpc) is 2.93. The molecule has 3 rings (SSSR count). The van der Waals surface area contributed by atoms with Crippen molar-refractivity contribution in [3.8, 4) is 11.5 Å². The number of rotatable bonds is 2. The Bertz CT molecular complexity index is 829. The predicted molar refractivity (Wildman–Crippen MR) is 72.1 cm³/mol. The molecule has 0 spiro atoms. The van der Waals surface area contributed by atoms with E-state index in [9.17, 15) is 4.79 Å². The topological polar surface area (TPSA) is 53.6 Å². The molecular formula is C14H13NO4. The summed E-state index contributed by atoms with van der Waals surface area (Å²) in [6.07, 6.45) is 1.51. The van der Waals surface area contributed by atoms with Gasteiger partial charge < -0.3 is 18.5 Å². The van der Waals surface area contributed by atoms with Gasteiger partial charge in [-0.2, -0.15) is 0 Å². The van der Waals surface area contributed by atoms with Gasteiger partial charge in [0.05, 0.1) is 36.8 Å². The Kier molecular flexibility index (Phi) is 2.48. The number of nitrogens with zero attached hydrogens (tertiary/aromatic N) is 1. The Morgan fingerprint density at radius 3 is 2.68 bits per heavy atom. The molecule has 1 aromatic carbocycles. The first-order valence-electron chi connectivity index (χ1n) is 5.79. The molecule has 5 nitrogen and oxygen atoms in total. The van der Waals surface area contributed by atoms with E-state index in [1.54, 1.807) is 25.3 Å². The van der Waals surface area contributed by atoms with Crippen LogP contribution in [0.2, 0.25) is 0 Å². The number of methoxy groups -OCH3 is 2. The zero-order chi connectivity index (χ0) is 13.6. The summed E-state index contributed by atoms with van der Waals surface area (Å²) in [6.45, 7) is 0. The molecule has 0 aliphatic carbocycles. The van der Waals surface area contributed by atoms with Crippen LogP contribution in [0, 0.1) is 0 Å². The number of hydrogen-bond acceptors (Lipinski definition) is 4. The lowest BCUT2D eigenvalue weighted by Gasteiger charge is -2.11. The molecule has 0 fully saturated rings. The quantitative estimate of drug-likeness (QED) is 0.708. The van der Waals surface area contributed by atoms with Crippen LogP contribution in [0.3, 0.4) is 0 Å². The molecule has 0 N–H and O–H groups in total. The van der Waals surface area contributed by atoms with Gasteiger partial charge in [-0.25, -0.2) is 0 Å². The summed E-state index contributed by atoms with van der Waals surface area (Å²) < 4.78 is 17.7. The fraction of sp³-hybridized carbons (Fsp3) is 0.214. The minimum absolute atomic E-state index is 0.101. The van der Waals surface area contributed by atoms with E-state index in [4.69, 9.17) is 13.9 Å². The second kappa shape index (κ2) is 4.05. The van der Waals surface area contributed by atoms with Gasteiger partial charge in [-0.3, -0.25) is 4.79 Å². The van der Waals surface area contributed by atoms with Crippen molar-refractivity contribution in [2.45, 2.75) is 0 Å². The zero-order valence-corrected chi connectivity index (χ0v) is 10.9. The van der Waals surface area contributed by atoms with Gasteiger partial charge in [0.2, 0.25) is 11.1 Å². The van der Waals surface area contributed by atoms with Crippen molar-refractivity contribution >= 4 is 22.0 Å². The summed E-state index contributed by atoms with van der Waals surface area (Å²) in [4.78, 5) is 12.5. The van der Waals surface area contributed by atoms with E-state index in [-0.39, 0.29) is 5.43 Å². The molecule has 0 atom stereocenters.